The van der Waals surface area contributed by atoms with Gasteiger partial charge in [0.1, 0.15) is 0 Å². The molecule has 0 spiro atoms. The van der Waals surface area contributed by atoms with Crippen molar-refractivity contribution in [2.24, 2.45) is 5.92 Å². The second-order valence-corrected chi connectivity index (χ2v) is 6.05. The highest BCUT2D eigenvalue weighted by Crippen LogP contribution is 2.16. The van der Waals surface area contributed by atoms with Gasteiger partial charge in [-0.3, -0.25) is 9.59 Å². The van der Waals surface area contributed by atoms with Crippen molar-refractivity contribution < 1.29 is 9.59 Å². The molecule has 116 valence electrons. The summed E-state index contributed by atoms with van der Waals surface area (Å²) in [7, 11) is 0. The molecular weight excluding hydrogens is 252 g/mol. The van der Waals surface area contributed by atoms with Crippen LogP contribution in [0, 0.1) is 5.92 Å². The maximum absolute atomic E-state index is 12.2. The van der Waals surface area contributed by atoms with Crippen LogP contribution in [-0.4, -0.2) is 47.8 Å². The summed E-state index contributed by atoms with van der Waals surface area (Å²) in [6.07, 6.45) is 6.13. The van der Waals surface area contributed by atoms with Crippen LogP contribution in [0.5, 0.6) is 0 Å². The molecule has 1 atom stereocenters. The first-order chi connectivity index (χ1) is 9.54. The van der Waals surface area contributed by atoms with Gasteiger partial charge in [-0.25, -0.2) is 0 Å². The fourth-order valence-electron chi connectivity index (χ4n) is 2.78. The van der Waals surface area contributed by atoms with Crippen LogP contribution in [0.15, 0.2) is 0 Å². The highest BCUT2D eigenvalue weighted by Gasteiger charge is 2.21. The molecule has 1 unspecified atom stereocenters. The Morgan fingerprint density at radius 3 is 2.60 bits per heavy atom. The van der Waals surface area contributed by atoms with Crippen molar-refractivity contribution in [3.05, 3.63) is 0 Å². The lowest BCUT2D eigenvalue weighted by atomic mass is 10.00. The smallest absolute Gasteiger partial charge is 0.224 e. The summed E-state index contributed by atoms with van der Waals surface area (Å²) in [6.45, 7) is 9.08. The lowest BCUT2D eigenvalue weighted by Gasteiger charge is -2.31. The molecule has 1 rings (SSSR count). The van der Waals surface area contributed by atoms with E-state index < -0.39 is 0 Å². The van der Waals surface area contributed by atoms with Gasteiger partial charge in [-0.15, -0.1) is 0 Å². The second kappa shape index (κ2) is 8.98. The molecule has 1 fully saturated rings. The second-order valence-electron chi connectivity index (χ2n) is 6.05. The summed E-state index contributed by atoms with van der Waals surface area (Å²) < 4.78 is 0. The van der Waals surface area contributed by atoms with Gasteiger partial charge in [0.2, 0.25) is 11.8 Å². The minimum atomic E-state index is 0.0842. The van der Waals surface area contributed by atoms with E-state index in [-0.39, 0.29) is 11.8 Å². The Labute approximate surface area is 123 Å². The Hall–Kier alpha value is -1.06. The number of carbonyl (C=O) groups excluding carboxylic acids is 2. The monoisotopic (exact) mass is 282 g/mol. The fourth-order valence-corrected chi connectivity index (χ4v) is 2.78. The molecule has 0 N–H and O–H groups in total. The maximum Gasteiger partial charge on any atom is 0.224 e. The van der Waals surface area contributed by atoms with Gasteiger partial charge in [-0.1, -0.05) is 26.7 Å². The topological polar surface area (TPSA) is 40.6 Å². The molecule has 1 aliphatic rings. The van der Waals surface area contributed by atoms with E-state index in [4.69, 9.17) is 0 Å². The van der Waals surface area contributed by atoms with Crippen molar-refractivity contribution in [3.63, 3.8) is 0 Å². The summed E-state index contributed by atoms with van der Waals surface area (Å²) >= 11 is 0. The van der Waals surface area contributed by atoms with Crippen LogP contribution in [-0.2, 0) is 9.59 Å². The quantitative estimate of drug-likeness (QED) is 0.674. The van der Waals surface area contributed by atoms with Crippen LogP contribution in [0.1, 0.15) is 59.3 Å². The molecular formula is C16H30N2O2. The number of unbranched alkanes of at least 4 members (excludes halogenated alkanes) is 2. The number of likely N-dealkylation sites (tertiary alicyclic amines) is 1. The molecule has 4 nitrogen and oxygen atoms in total. The van der Waals surface area contributed by atoms with Gasteiger partial charge in [0.25, 0.3) is 0 Å². The maximum atomic E-state index is 12.2. The van der Waals surface area contributed by atoms with Gasteiger partial charge in [-0.05, 0) is 25.2 Å². The Kier molecular flexibility index (Phi) is 7.63. The highest BCUT2D eigenvalue weighted by atomic mass is 16.2. The number of hydrogen-bond acceptors (Lipinski definition) is 2. The molecule has 2 amide bonds. The van der Waals surface area contributed by atoms with Gasteiger partial charge in [0, 0.05) is 39.5 Å². The number of hydrogen-bond donors (Lipinski definition) is 0. The van der Waals surface area contributed by atoms with Crippen molar-refractivity contribution >= 4 is 11.8 Å². The van der Waals surface area contributed by atoms with Gasteiger partial charge in [0.05, 0.1) is 0 Å². The largest absolute Gasteiger partial charge is 0.342 e. The molecule has 1 aliphatic heterocycles. The van der Waals surface area contributed by atoms with Crippen molar-refractivity contribution in [1.82, 2.24) is 9.80 Å². The van der Waals surface area contributed by atoms with E-state index >= 15 is 0 Å². The third-order valence-electron chi connectivity index (χ3n) is 4.08. The van der Waals surface area contributed by atoms with E-state index in [0.717, 1.165) is 45.3 Å². The van der Waals surface area contributed by atoms with Gasteiger partial charge >= 0.3 is 0 Å². The van der Waals surface area contributed by atoms with Crippen LogP contribution in [0.2, 0.25) is 0 Å². The minimum absolute atomic E-state index is 0.0842. The van der Waals surface area contributed by atoms with Gasteiger partial charge in [0.15, 0.2) is 0 Å². The molecule has 0 saturated carbocycles. The Morgan fingerprint density at radius 1 is 1.25 bits per heavy atom. The number of carbonyl (C=O) groups is 2. The molecule has 4 heteroatoms. The van der Waals surface area contributed by atoms with E-state index in [2.05, 4.69) is 13.8 Å². The van der Waals surface area contributed by atoms with Crippen molar-refractivity contribution in [1.29, 1.82) is 0 Å². The summed E-state index contributed by atoms with van der Waals surface area (Å²) in [5, 5.41) is 0. The van der Waals surface area contributed by atoms with Crippen LogP contribution in [0.3, 0.4) is 0 Å². The van der Waals surface area contributed by atoms with Crippen LogP contribution in [0.4, 0.5) is 0 Å². The third-order valence-corrected chi connectivity index (χ3v) is 4.08. The Morgan fingerprint density at radius 2 is 2.00 bits per heavy atom. The average Bonchev–Trinajstić information content (AvgIpc) is 2.42. The average molecular weight is 282 g/mol. The summed E-state index contributed by atoms with van der Waals surface area (Å²) in [5.41, 5.74) is 0. The number of rotatable bonds is 7. The van der Waals surface area contributed by atoms with E-state index in [1.807, 2.05) is 9.80 Å². The zero-order valence-electron chi connectivity index (χ0n) is 13.4. The Bertz CT molecular complexity index is 318. The first kappa shape index (κ1) is 17.0. The van der Waals surface area contributed by atoms with Gasteiger partial charge < -0.3 is 9.80 Å². The van der Waals surface area contributed by atoms with Crippen LogP contribution < -0.4 is 0 Å². The van der Waals surface area contributed by atoms with Crippen molar-refractivity contribution in [2.45, 2.75) is 59.3 Å². The molecule has 0 bridgehead atoms. The van der Waals surface area contributed by atoms with Crippen molar-refractivity contribution in [3.8, 4) is 0 Å². The predicted octanol–water partition coefficient (Wildman–Crippen LogP) is 2.67. The Balaban J connectivity index is 2.34. The number of amides is 2. The third kappa shape index (κ3) is 5.93. The van der Waals surface area contributed by atoms with E-state index in [1.54, 1.807) is 6.92 Å². The zero-order valence-corrected chi connectivity index (χ0v) is 13.4. The van der Waals surface area contributed by atoms with Gasteiger partial charge in [-0.2, -0.15) is 0 Å². The highest BCUT2D eigenvalue weighted by molar-refractivity contribution is 5.78. The normalized spacial score (nSPS) is 18.9. The number of piperidine rings is 1. The minimum Gasteiger partial charge on any atom is -0.342 e. The first-order valence-corrected chi connectivity index (χ1v) is 8.07. The molecule has 0 aromatic heterocycles. The van der Waals surface area contributed by atoms with E-state index in [1.165, 1.54) is 6.42 Å². The fraction of sp³-hybridized carbons (Fsp3) is 0.875. The lowest BCUT2D eigenvalue weighted by molar-refractivity contribution is -0.134. The summed E-state index contributed by atoms with van der Waals surface area (Å²) in [5.74, 6) is 0.903. The summed E-state index contributed by atoms with van der Waals surface area (Å²) in [6, 6.07) is 0. The number of nitrogens with zero attached hydrogens (tertiary/aromatic N) is 2. The molecule has 0 aliphatic carbocycles. The molecule has 0 radical (unpaired) electrons. The van der Waals surface area contributed by atoms with Crippen molar-refractivity contribution in [2.75, 3.05) is 26.2 Å². The predicted molar refractivity (Wildman–Crippen MR) is 81.4 cm³/mol. The standard InChI is InChI=1S/C16H30N2O2/c1-4-5-6-10-17(15(3)19)12-9-16(20)18-11-7-8-14(2)13-18/h14H,4-13H2,1-3H3. The summed E-state index contributed by atoms with van der Waals surface area (Å²) in [4.78, 5) is 27.6. The molecule has 1 saturated heterocycles. The molecule has 0 aromatic carbocycles. The molecule has 20 heavy (non-hydrogen) atoms. The van der Waals surface area contributed by atoms with E-state index in [9.17, 15) is 9.59 Å². The van der Waals surface area contributed by atoms with Crippen LogP contribution in [0.25, 0.3) is 0 Å². The SMILES string of the molecule is CCCCCN(CCC(=O)N1CCCC(C)C1)C(C)=O. The zero-order chi connectivity index (χ0) is 15.0. The van der Waals surface area contributed by atoms with Crippen LogP contribution >= 0.6 is 0 Å². The lowest BCUT2D eigenvalue weighted by Crippen LogP contribution is -2.41. The first-order valence-electron chi connectivity index (χ1n) is 8.07. The molecule has 0 aromatic rings. The molecule has 1 heterocycles. The van der Waals surface area contributed by atoms with E-state index in [0.29, 0.717) is 18.9 Å².